The molecule has 0 saturated carbocycles. The Morgan fingerprint density at radius 1 is 0.340 bits per heavy atom. The molecule has 6 heteroatoms. The van der Waals surface area contributed by atoms with Gasteiger partial charge in [-0.1, -0.05) is 103 Å². The van der Waals surface area contributed by atoms with Gasteiger partial charge in [-0.25, -0.2) is 15.0 Å². The topological polar surface area (TPSA) is 77.3 Å². The average Bonchev–Trinajstić information content (AvgIpc) is 3.21. The highest BCUT2D eigenvalue weighted by Crippen LogP contribution is 2.34. The second-order valence-electron chi connectivity index (χ2n) is 12.0. The fourth-order valence-corrected chi connectivity index (χ4v) is 6.40. The molecule has 9 rings (SSSR count). The summed E-state index contributed by atoms with van der Waals surface area (Å²) < 4.78 is 0. The van der Waals surface area contributed by atoms with Gasteiger partial charge in [0.05, 0.1) is 34.0 Å². The smallest absolute Gasteiger partial charge is 0.160 e. The fourth-order valence-electron chi connectivity index (χ4n) is 6.40. The molecule has 4 aromatic carbocycles. The van der Waals surface area contributed by atoms with Crippen LogP contribution in [0.3, 0.4) is 0 Å². The predicted octanol–water partition coefficient (Wildman–Crippen LogP) is 10.4. The largest absolute Gasteiger partial charge is 0.264 e. The van der Waals surface area contributed by atoms with E-state index in [1.165, 1.54) is 0 Å². The number of hydrogen-bond acceptors (Lipinski definition) is 6. The molecule has 5 aromatic heterocycles. The Kier molecular flexibility index (Phi) is 7.37. The summed E-state index contributed by atoms with van der Waals surface area (Å²) in [4.78, 5) is 29.0. The van der Waals surface area contributed by atoms with E-state index in [0.29, 0.717) is 5.82 Å². The number of hydrogen-bond donors (Lipinski definition) is 0. The van der Waals surface area contributed by atoms with E-state index in [0.717, 1.165) is 83.5 Å². The maximum Gasteiger partial charge on any atom is 0.160 e. The minimum Gasteiger partial charge on any atom is -0.264 e. The van der Waals surface area contributed by atoms with Gasteiger partial charge in [0.15, 0.2) is 5.82 Å². The summed E-state index contributed by atoms with van der Waals surface area (Å²) in [6.07, 6.45) is 7.34. The SMILES string of the molecule is c1ccc(-c2nc(-c3ccc(-c4cccnc4)cc3)cc(-c3cc(-c4ccnc(-c5nc6ccccc6c6ccccc56)c4)ccn3)n2)cc1. The van der Waals surface area contributed by atoms with Gasteiger partial charge in [-0.2, -0.15) is 0 Å². The van der Waals surface area contributed by atoms with Gasteiger partial charge < -0.3 is 0 Å². The molecule has 50 heavy (non-hydrogen) atoms. The summed E-state index contributed by atoms with van der Waals surface area (Å²) in [7, 11) is 0. The van der Waals surface area contributed by atoms with Gasteiger partial charge in [-0.05, 0) is 70.1 Å². The molecule has 0 amide bonds. The summed E-state index contributed by atoms with van der Waals surface area (Å²) >= 11 is 0. The molecule has 0 fully saturated rings. The van der Waals surface area contributed by atoms with E-state index in [9.17, 15) is 0 Å². The van der Waals surface area contributed by atoms with Gasteiger partial charge in [0.2, 0.25) is 0 Å². The van der Waals surface area contributed by atoms with Crippen LogP contribution in [0.2, 0.25) is 0 Å². The van der Waals surface area contributed by atoms with E-state index < -0.39 is 0 Å². The third kappa shape index (κ3) is 5.55. The second kappa shape index (κ2) is 12.6. The Bertz CT molecular complexity index is 2640. The van der Waals surface area contributed by atoms with Gasteiger partial charge in [-0.15, -0.1) is 0 Å². The number of nitrogens with zero attached hydrogens (tertiary/aromatic N) is 6. The highest BCUT2D eigenvalue weighted by Gasteiger charge is 2.15. The lowest BCUT2D eigenvalue weighted by molar-refractivity contribution is 1.16. The van der Waals surface area contributed by atoms with E-state index in [-0.39, 0.29) is 0 Å². The van der Waals surface area contributed by atoms with Gasteiger partial charge in [0.25, 0.3) is 0 Å². The van der Waals surface area contributed by atoms with Crippen molar-refractivity contribution in [3.05, 3.63) is 170 Å². The van der Waals surface area contributed by atoms with Crippen molar-refractivity contribution >= 4 is 21.7 Å². The molecule has 0 N–H and O–H groups in total. The number of rotatable bonds is 6. The summed E-state index contributed by atoms with van der Waals surface area (Å²) in [6.45, 7) is 0. The van der Waals surface area contributed by atoms with Crippen LogP contribution in [0.1, 0.15) is 0 Å². The van der Waals surface area contributed by atoms with E-state index in [4.69, 9.17) is 24.9 Å². The second-order valence-corrected chi connectivity index (χ2v) is 12.0. The van der Waals surface area contributed by atoms with Crippen LogP contribution in [0.25, 0.3) is 89.4 Å². The number of benzene rings is 4. The number of aromatic nitrogens is 6. The molecule has 0 atom stereocenters. The van der Waals surface area contributed by atoms with E-state index in [2.05, 4.69) is 89.9 Å². The molecule has 0 radical (unpaired) electrons. The molecular weight excluding hydrogens is 613 g/mol. The lowest BCUT2D eigenvalue weighted by Crippen LogP contribution is -1.97. The maximum absolute atomic E-state index is 5.08. The van der Waals surface area contributed by atoms with Crippen LogP contribution in [0.5, 0.6) is 0 Å². The van der Waals surface area contributed by atoms with Crippen molar-refractivity contribution < 1.29 is 0 Å². The highest BCUT2D eigenvalue weighted by atomic mass is 14.9. The van der Waals surface area contributed by atoms with Crippen LogP contribution in [0.4, 0.5) is 0 Å². The zero-order valence-electron chi connectivity index (χ0n) is 26.8. The van der Waals surface area contributed by atoms with Crippen LogP contribution in [0, 0.1) is 0 Å². The molecule has 5 heterocycles. The third-order valence-corrected chi connectivity index (χ3v) is 8.90. The molecule has 6 nitrogen and oxygen atoms in total. The molecule has 0 spiro atoms. The van der Waals surface area contributed by atoms with E-state index in [1.807, 2.05) is 79.3 Å². The zero-order chi connectivity index (χ0) is 33.3. The molecule has 0 bridgehead atoms. The monoisotopic (exact) mass is 640 g/mol. The first-order valence-corrected chi connectivity index (χ1v) is 16.4. The summed E-state index contributed by atoms with van der Waals surface area (Å²) in [5.41, 5.74) is 11.0. The maximum atomic E-state index is 5.08. The first kappa shape index (κ1) is 29.2. The Balaban J connectivity index is 1.13. The highest BCUT2D eigenvalue weighted by molar-refractivity contribution is 6.10. The quantitative estimate of drug-likeness (QED) is 0.168. The Morgan fingerprint density at radius 3 is 1.76 bits per heavy atom. The number of fused-ring (bicyclic) bond motifs is 3. The van der Waals surface area contributed by atoms with Crippen molar-refractivity contribution in [2.45, 2.75) is 0 Å². The fraction of sp³-hybridized carbons (Fsp3) is 0. The first-order chi connectivity index (χ1) is 24.8. The van der Waals surface area contributed by atoms with E-state index in [1.54, 1.807) is 6.20 Å². The van der Waals surface area contributed by atoms with Crippen molar-refractivity contribution in [3.8, 4) is 67.7 Å². The van der Waals surface area contributed by atoms with Gasteiger partial charge in [0.1, 0.15) is 0 Å². The Hall–Kier alpha value is -6.92. The molecule has 0 aliphatic carbocycles. The summed E-state index contributed by atoms with van der Waals surface area (Å²) in [5, 5.41) is 3.36. The lowest BCUT2D eigenvalue weighted by Gasteiger charge is -2.12. The predicted molar refractivity (Wildman–Crippen MR) is 201 cm³/mol. The average molecular weight is 641 g/mol. The molecule has 9 aromatic rings. The van der Waals surface area contributed by atoms with Crippen LogP contribution in [0.15, 0.2) is 170 Å². The van der Waals surface area contributed by atoms with Crippen molar-refractivity contribution in [1.29, 1.82) is 0 Å². The molecule has 0 saturated heterocycles. The number of para-hydroxylation sites is 1. The van der Waals surface area contributed by atoms with Crippen molar-refractivity contribution in [2.75, 3.05) is 0 Å². The third-order valence-electron chi connectivity index (χ3n) is 8.90. The normalized spacial score (nSPS) is 11.2. The molecule has 0 unspecified atom stereocenters. The van der Waals surface area contributed by atoms with Gasteiger partial charge in [0, 0.05) is 46.7 Å². The van der Waals surface area contributed by atoms with Crippen LogP contribution < -0.4 is 0 Å². The minimum absolute atomic E-state index is 0.641. The molecule has 234 valence electrons. The molecule has 0 aliphatic rings. The number of pyridine rings is 4. The van der Waals surface area contributed by atoms with Crippen LogP contribution >= 0.6 is 0 Å². The van der Waals surface area contributed by atoms with Gasteiger partial charge in [-0.3, -0.25) is 15.0 Å². The zero-order valence-corrected chi connectivity index (χ0v) is 26.8. The Labute approximate surface area is 288 Å². The van der Waals surface area contributed by atoms with E-state index >= 15 is 0 Å². The molecular formula is C44H28N6. The standard InChI is InChI=1S/C44H28N6/c1-2-9-31(10-3-1)44-49-39(30-18-16-29(17-19-30)34-11-8-22-45-28-34)27-41(50-44)40-25-32(20-23-46-40)33-21-24-47-42(26-33)43-37-14-5-4-12-35(37)36-13-6-7-15-38(36)48-43/h1-28H. The Morgan fingerprint density at radius 2 is 0.980 bits per heavy atom. The van der Waals surface area contributed by atoms with Crippen molar-refractivity contribution in [3.63, 3.8) is 0 Å². The molecule has 0 aliphatic heterocycles. The summed E-state index contributed by atoms with van der Waals surface area (Å²) in [6, 6.07) is 49.3. The van der Waals surface area contributed by atoms with Crippen LogP contribution in [-0.2, 0) is 0 Å². The minimum atomic E-state index is 0.641. The van der Waals surface area contributed by atoms with Crippen LogP contribution in [-0.4, -0.2) is 29.9 Å². The van der Waals surface area contributed by atoms with Crippen molar-refractivity contribution in [1.82, 2.24) is 29.9 Å². The lowest BCUT2D eigenvalue weighted by atomic mass is 10.00. The van der Waals surface area contributed by atoms with Gasteiger partial charge >= 0.3 is 0 Å². The van der Waals surface area contributed by atoms with Crippen molar-refractivity contribution in [2.24, 2.45) is 0 Å². The first-order valence-electron chi connectivity index (χ1n) is 16.4. The summed E-state index contributed by atoms with van der Waals surface area (Å²) in [5.74, 6) is 0.641.